The molecule has 0 saturated heterocycles. The monoisotopic (exact) mass is 300 g/mol. The number of nitrogens with zero attached hydrogens (tertiary/aromatic N) is 2. The van der Waals surface area contributed by atoms with Gasteiger partial charge in [-0.25, -0.2) is 14.2 Å². The lowest BCUT2D eigenvalue weighted by atomic mass is 10.3. The van der Waals surface area contributed by atoms with E-state index in [1.165, 1.54) is 12.1 Å². The summed E-state index contributed by atoms with van der Waals surface area (Å²) in [6.07, 6.45) is 0. The van der Waals surface area contributed by atoms with Crippen molar-refractivity contribution in [2.75, 3.05) is 11.4 Å². The van der Waals surface area contributed by atoms with Crippen molar-refractivity contribution in [3.05, 3.63) is 40.1 Å². The molecule has 0 fully saturated rings. The molecule has 7 heteroatoms. The predicted octanol–water partition coefficient (Wildman–Crippen LogP) is 3.79. The van der Waals surface area contributed by atoms with Gasteiger partial charge in [0.2, 0.25) is 0 Å². The number of benzene rings is 1. The van der Waals surface area contributed by atoms with Crippen molar-refractivity contribution < 1.29 is 14.3 Å². The Labute approximate surface area is 118 Å². The standard InChI is InChI=1S/C12H10ClFN2O2S/c1-2-16(8-5-3-4-7(14)6-8)12-15-10(13)9(19-12)11(17)18/h3-6H,2H2,1H3,(H,17,18). The number of aromatic carboxylic acids is 1. The van der Waals surface area contributed by atoms with Gasteiger partial charge in [-0.1, -0.05) is 29.0 Å². The van der Waals surface area contributed by atoms with Gasteiger partial charge in [0.15, 0.2) is 15.2 Å². The highest BCUT2D eigenvalue weighted by Crippen LogP contribution is 2.33. The molecule has 4 nitrogen and oxygen atoms in total. The summed E-state index contributed by atoms with van der Waals surface area (Å²) in [6.45, 7) is 2.38. The van der Waals surface area contributed by atoms with Crippen molar-refractivity contribution in [3.63, 3.8) is 0 Å². The Morgan fingerprint density at radius 2 is 2.32 bits per heavy atom. The molecule has 0 aliphatic carbocycles. The number of hydrogen-bond acceptors (Lipinski definition) is 4. The molecule has 100 valence electrons. The second-order valence-corrected chi connectivity index (χ2v) is 4.98. The van der Waals surface area contributed by atoms with Crippen LogP contribution in [0.5, 0.6) is 0 Å². The molecule has 2 rings (SSSR count). The number of thiazole rings is 1. The maximum atomic E-state index is 13.2. The second kappa shape index (κ2) is 5.54. The molecule has 0 spiro atoms. The lowest BCUT2D eigenvalue weighted by Gasteiger charge is -2.19. The number of carboxylic acids is 1. The minimum atomic E-state index is -1.12. The van der Waals surface area contributed by atoms with Crippen molar-refractivity contribution in [2.24, 2.45) is 0 Å². The Bertz CT molecular complexity index is 618. The van der Waals surface area contributed by atoms with Gasteiger partial charge >= 0.3 is 5.97 Å². The number of aromatic nitrogens is 1. The number of carbonyl (C=O) groups is 1. The highest BCUT2D eigenvalue weighted by atomic mass is 35.5. The summed E-state index contributed by atoms with van der Waals surface area (Å²) in [7, 11) is 0. The first kappa shape index (κ1) is 13.8. The topological polar surface area (TPSA) is 53.4 Å². The molecule has 0 amide bonds. The second-order valence-electron chi connectivity index (χ2n) is 3.65. The Morgan fingerprint density at radius 1 is 1.58 bits per heavy atom. The van der Waals surface area contributed by atoms with Gasteiger partial charge in [0, 0.05) is 12.2 Å². The number of rotatable bonds is 4. The Hall–Kier alpha value is -1.66. The van der Waals surface area contributed by atoms with Crippen molar-refractivity contribution in [3.8, 4) is 0 Å². The zero-order valence-corrected chi connectivity index (χ0v) is 11.5. The molecule has 1 N–H and O–H groups in total. The van der Waals surface area contributed by atoms with Crippen LogP contribution in [0.3, 0.4) is 0 Å². The molecule has 19 heavy (non-hydrogen) atoms. The number of carboxylic acid groups (broad SMARTS) is 1. The Balaban J connectivity index is 2.42. The van der Waals surface area contributed by atoms with E-state index in [2.05, 4.69) is 4.98 Å². The average Bonchev–Trinajstić information content (AvgIpc) is 2.72. The summed E-state index contributed by atoms with van der Waals surface area (Å²) < 4.78 is 13.2. The number of anilines is 2. The van der Waals surface area contributed by atoms with E-state index in [0.717, 1.165) is 11.3 Å². The summed E-state index contributed by atoms with van der Waals surface area (Å²) in [5.41, 5.74) is 0.602. The van der Waals surface area contributed by atoms with Crippen LogP contribution in [0, 0.1) is 5.82 Å². The molecular formula is C12H10ClFN2O2S. The van der Waals surface area contributed by atoms with E-state index in [1.807, 2.05) is 6.92 Å². The van der Waals surface area contributed by atoms with Crippen molar-refractivity contribution in [2.45, 2.75) is 6.92 Å². The lowest BCUT2D eigenvalue weighted by Crippen LogP contribution is -2.15. The van der Waals surface area contributed by atoms with Gasteiger partial charge in [0.25, 0.3) is 0 Å². The largest absolute Gasteiger partial charge is 0.477 e. The first-order valence-corrected chi connectivity index (χ1v) is 6.65. The summed E-state index contributed by atoms with van der Waals surface area (Å²) in [5, 5.41) is 9.33. The van der Waals surface area contributed by atoms with Gasteiger partial charge in [-0.15, -0.1) is 0 Å². The minimum absolute atomic E-state index is 0.0217. The molecule has 0 bridgehead atoms. The van der Waals surface area contributed by atoms with Crippen molar-refractivity contribution in [1.82, 2.24) is 4.98 Å². The van der Waals surface area contributed by atoms with Crippen molar-refractivity contribution in [1.29, 1.82) is 0 Å². The highest BCUT2D eigenvalue weighted by Gasteiger charge is 2.19. The third-order valence-corrected chi connectivity index (χ3v) is 3.89. The fourth-order valence-electron chi connectivity index (χ4n) is 1.61. The average molecular weight is 301 g/mol. The molecule has 0 aliphatic heterocycles. The van der Waals surface area contributed by atoms with Gasteiger partial charge in [0.1, 0.15) is 5.82 Å². The van der Waals surface area contributed by atoms with E-state index in [1.54, 1.807) is 17.0 Å². The summed E-state index contributed by atoms with van der Waals surface area (Å²) in [5.74, 6) is -1.49. The molecular weight excluding hydrogens is 291 g/mol. The number of hydrogen-bond donors (Lipinski definition) is 1. The molecule has 0 atom stereocenters. The van der Waals surface area contributed by atoms with Crippen LogP contribution in [0.25, 0.3) is 0 Å². The summed E-state index contributed by atoms with van der Waals surface area (Å²) in [4.78, 5) is 16.6. The quantitative estimate of drug-likeness (QED) is 0.933. The summed E-state index contributed by atoms with van der Waals surface area (Å²) in [6, 6.07) is 6.01. The third-order valence-electron chi connectivity index (χ3n) is 2.44. The molecule has 1 aromatic heterocycles. The van der Waals surface area contributed by atoms with Crippen LogP contribution in [0.1, 0.15) is 16.6 Å². The third kappa shape index (κ3) is 2.85. The van der Waals surface area contributed by atoms with E-state index < -0.39 is 5.97 Å². The first-order valence-electron chi connectivity index (χ1n) is 5.45. The lowest BCUT2D eigenvalue weighted by molar-refractivity contribution is 0.0702. The normalized spacial score (nSPS) is 10.5. The zero-order chi connectivity index (χ0) is 14.0. The van der Waals surface area contributed by atoms with Crippen LogP contribution < -0.4 is 4.90 Å². The van der Waals surface area contributed by atoms with Gasteiger partial charge in [-0.05, 0) is 25.1 Å². The maximum Gasteiger partial charge on any atom is 0.349 e. The minimum Gasteiger partial charge on any atom is -0.477 e. The predicted molar refractivity (Wildman–Crippen MR) is 73.2 cm³/mol. The fraction of sp³-hybridized carbons (Fsp3) is 0.167. The summed E-state index contributed by atoms with van der Waals surface area (Å²) >= 11 is 6.74. The zero-order valence-electron chi connectivity index (χ0n) is 9.93. The molecule has 1 heterocycles. The molecule has 0 saturated carbocycles. The molecule has 2 aromatic rings. The van der Waals surface area contributed by atoms with E-state index in [0.29, 0.717) is 17.4 Å². The molecule has 1 aromatic carbocycles. The van der Waals surface area contributed by atoms with E-state index in [4.69, 9.17) is 16.7 Å². The Kier molecular flexibility index (Phi) is 4.01. The fourth-order valence-corrected chi connectivity index (χ4v) is 2.82. The van der Waals surface area contributed by atoms with Gasteiger partial charge in [0.05, 0.1) is 0 Å². The van der Waals surface area contributed by atoms with Crippen LogP contribution >= 0.6 is 22.9 Å². The van der Waals surface area contributed by atoms with Crippen molar-refractivity contribution >= 4 is 39.7 Å². The van der Waals surface area contributed by atoms with Gasteiger partial charge < -0.3 is 10.0 Å². The van der Waals surface area contributed by atoms with Crippen LogP contribution in [0.4, 0.5) is 15.2 Å². The molecule has 0 radical (unpaired) electrons. The molecule has 0 aliphatic rings. The Morgan fingerprint density at radius 3 is 2.84 bits per heavy atom. The van der Waals surface area contributed by atoms with Gasteiger partial charge in [-0.3, -0.25) is 0 Å². The van der Waals surface area contributed by atoms with Crippen LogP contribution in [0.15, 0.2) is 24.3 Å². The van der Waals surface area contributed by atoms with Gasteiger partial charge in [-0.2, -0.15) is 0 Å². The maximum absolute atomic E-state index is 13.2. The molecule has 0 unspecified atom stereocenters. The van der Waals surface area contributed by atoms with E-state index >= 15 is 0 Å². The highest BCUT2D eigenvalue weighted by molar-refractivity contribution is 7.18. The SMILES string of the molecule is CCN(c1cccc(F)c1)c1nc(Cl)c(C(=O)O)s1. The van der Waals surface area contributed by atoms with E-state index in [9.17, 15) is 9.18 Å². The van der Waals surface area contributed by atoms with Crippen LogP contribution in [0.2, 0.25) is 5.15 Å². The smallest absolute Gasteiger partial charge is 0.349 e. The van der Waals surface area contributed by atoms with Crippen LogP contribution in [-0.2, 0) is 0 Å². The number of halogens is 2. The van der Waals surface area contributed by atoms with E-state index in [-0.39, 0.29) is 15.8 Å². The van der Waals surface area contributed by atoms with Crippen LogP contribution in [-0.4, -0.2) is 22.6 Å². The first-order chi connectivity index (χ1) is 9.02.